The van der Waals surface area contributed by atoms with Crippen LogP contribution in [0.1, 0.15) is 25.5 Å². The highest BCUT2D eigenvalue weighted by atomic mass is 16.5. The third-order valence-electron chi connectivity index (χ3n) is 3.30. The van der Waals surface area contributed by atoms with Gasteiger partial charge in [-0.15, -0.1) is 0 Å². The Morgan fingerprint density at radius 2 is 2.14 bits per heavy atom. The number of hydrogen-bond donors (Lipinski definition) is 2. The summed E-state index contributed by atoms with van der Waals surface area (Å²) in [4.78, 5) is 12.1. The Labute approximate surface area is 129 Å². The molecule has 1 aromatic carbocycles. The van der Waals surface area contributed by atoms with Crippen molar-refractivity contribution in [2.45, 2.75) is 26.3 Å². The summed E-state index contributed by atoms with van der Waals surface area (Å²) in [5.41, 5.74) is 0.575. The molecular formula is C16H21N3O3. The third-order valence-corrected chi connectivity index (χ3v) is 3.30. The summed E-state index contributed by atoms with van der Waals surface area (Å²) >= 11 is 0. The van der Waals surface area contributed by atoms with Gasteiger partial charge >= 0.3 is 0 Å². The van der Waals surface area contributed by atoms with E-state index >= 15 is 0 Å². The Morgan fingerprint density at radius 3 is 2.86 bits per heavy atom. The van der Waals surface area contributed by atoms with E-state index in [-0.39, 0.29) is 5.75 Å². The molecule has 0 aliphatic heterocycles. The molecule has 2 aromatic rings. The second-order valence-electron chi connectivity index (χ2n) is 4.93. The number of aromatic hydroxyl groups is 1. The zero-order valence-electron chi connectivity index (χ0n) is 12.9. The average molecular weight is 303 g/mol. The van der Waals surface area contributed by atoms with Gasteiger partial charge in [-0.2, -0.15) is 9.78 Å². The molecule has 0 spiro atoms. The molecule has 0 saturated heterocycles. The van der Waals surface area contributed by atoms with Gasteiger partial charge in [0.25, 0.3) is 5.56 Å². The van der Waals surface area contributed by atoms with Gasteiger partial charge in [0.05, 0.1) is 7.11 Å². The standard InChI is InChI=1S/C16H21N3O3/c1-3-4-9-17-11-12-14(20)10-16(21)19(18-12)13-7-5-6-8-15(13)22-2/h5-8,10,17,20H,3-4,9,11H2,1-2H3. The highest BCUT2D eigenvalue weighted by Crippen LogP contribution is 2.21. The van der Waals surface area contributed by atoms with Crippen LogP contribution in [0.4, 0.5) is 0 Å². The fourth-order valence-corrected chi connectivity index (χ4v) is 2.09. The van der Waals surface area contributed by atoms with E-state index in [0.717, 1.165) is 19.4 Å². The highest BCUT2D eigenvalue weighted by molar-refractivity contribution is 5.46. The number of hydrogen-bond acceptors (Lipinski definition) is 5. The Kier molecular flexibility index (Phi) is 5.55. The first-order valence-corrected chi connectivity index (χ1v) is 7.33. The first kappa shape index (κ1) is 16.0. The lowest BCUT2D eigenvalue weighted by Crippen LogP contribution is -2.24. The van der Waals surface area contributed by atoms with Crippen molar-refractivity contribution >= 4 is 0 Å². The zero-order valence-corrected chi connectivity index (χ0v) is 12.9. The number of aromatic nitrogens is 2. The first-order valence-electron chi connectivity index (χ1n) is 7.33. The van der Waals surface area contributed by atoms with E-state index in [2.05, 4.69) is 17.3 Å². The molecular weight excluding hydrogens is 282 g/mol. The number of nitrogens with one attached hydrogen (secondary N) is 1. The maximum atomic E-state index is 12.1. The highest BCUT2D eigenvalue weighted by Gasteiger charge is 2.12. The molecule has 2 N–H and O–H groups in total. The van der Waals surface area contributed by atoms with Crippen LogP contribution in [0, 0.1) is 0 Å². The SMILES string of the molecule is CCCCNCc1nn(-c2ccccc2OC)c(=O)cc1O. The lowest BCUT2D eigenvalue weighted by molar-refractivity contribution is 0.409. The summed E-state index contributed by atoms with van der Waals surface area (Å²) in [5.74, 6) is 0.452. The van der Waals surface area contributed by atoms with Crippen LogP contribution in [0.15, 0.2) is 35.1 Å². The quantitative estimate of drug-likeness (QED) is 0.763. The number of para-hydroxylation sites is 2. The summed E-state index contributed by atoms with van der Waals surface area (Å²) in [7, 11) is 1.54. The minimum atomic E-state index is -0.403. The Morgan fingerprint density at radius 1 is 1.36 bits per heavy atom. The second-order valence-corrected chi connectivity index (χ2v) is 4.93. The molecule has 0 radical (unpaired) electrons. The molecule has 0 bridgehead atoms. The van der Waals surface area contributed by atoms with Crippen molar-refractivity contribution in [3.05, 3.63) is 46.4 Å². The molecule has 22 heavy (non-hydrogen) atoms. The predicted molar refractivity (Wildman–Crippen MR) is 84.7 cm³/mol. The molecule has 0 aliphatic carbocycles. The molecule has 1 aromatic heterocycles. The fourth-order valence-electron chi connectivity index (χ4n) is 2.09. The average Bonchev–Trinajstić information content (AvgIpc) is 2.53. The van der Waals surface area contributed by atoms with Crippen LogP contribution in [0.3, 0.4) is 0 Å². The van der Waals surface area contributed by atoms with Gasteiger partial charge in [0.15, 0.2) is 0 Å². The number of unbranched alkanes of at least 4 members (excludes halogenated alkanes) is 1. The van der Waals surface area contributed by atoms with Crippen LogP contribution in [0.5, 0.6) is 11.5 Å². The van der Waals surface area contributed by atoms with Crippen molar-refractivity contribution in [3.63, 3.8) is 0 Å². The van der Waals surface area contributed by atoms with E-state index in [1.165, 1.54) is 17.9 Å². The van der Waals surface area contributed by atoms with E-state index in [9.17, 15) is 9.90 Å². The van der Waals surface area contributed by atoms with Crippen LogP contribution >= 0.6 is 0 Å². The van der Waals surface area contributed by atoms with Gasteiger partial charge in [-0.1, -0.05) is 25.5 Å². The van der Waals surface area contributed by atoms with Gasteiger partial charge in [-0.25, -0.2) is 0 Å². The maximum Gasteiger partial charge on any atom is 0.275 e. The number of methoxy groups -OCH3 is 1. The summed E-state index contributed by atoms with van der Waals surface area (Å²) in [5, 5.41) is 17.4. The lowest BCUT2D eigenvalue weighted by atomic mass is 10.3. The summed E-state index contributed by atoms with van der Waals surface area (Å²) in [6.45, 7) is 3.35. The van der Waals surface area contributed by atoms with Gasteiger partial charge in [0.2, 0.25) is 0 Å². The molecule has 6 heteroatoms. The predicted octanol–water partition coefficient (Wildman–Crippen LogP) is 1.84. The second kappa shape index (κ2) is 7.61. The Hall–Kier alpha value is -2.34. The molecule has 1 heterocycles. The monoisotopic (exact) mass is 303 g/mol. The van der Waals surface area contributed by atoms with Crippen LogP contribution in [-0.2, 0) is 6.54 Å². The van der Waals surface area contributed by atoms with E-state index in [1.54, 1.807) is 18.2 Å². The minimum absolute atomic E-state index is 0.0971. The summed E-state index contributed by atoms with van der Waals surface area (Å²) in [6, 6.07) is 8.31. The summed E-state index contributed by atoms with van der Waals surface area (Å²) < 4.78 is 6.51. The molecule has 118 valence electrons. The van der Waals surface area contributed by atoms with Crippen molar-refractivity contribution in [1.29, 1.82) is 0 Å². The van der Waals surface area contributed by atoms with Crippen LogP contribution in [0.2, 0.25) is 0 Å². The zero-order chi connectivity index (χ0) is 15.9. The van der Waals surface area contributed by atoms with Crippen molar-refractivity contribution in [1.82, 2.24) is 15.1 Å². The molecule has 0 amide bonds. The van der Waals surface area contributed by atoms with Gasteiger partial charge < -0.3 is 15.2 Å². The molecule has 0 unspecified atom stereocenters. The van der Waals surface area contributed by atoms with E-state index in [0.29, 0.717) is 23.7 Å². The molecule has 6 nitrogen and oxygen atoms in total. The smallest absolute Gasteiger partial charge is 0.275 e. The molecule has 0 fully saturated rings. The van der Waals surface area contributed by atoms with Gasteiger partial charge in [0.1, 0.15) is 22.9 Å². The number of nitrogens with zero attached hydrogens (tertiary/aromatic N) is 2. The van der Waals surface area contributed by atoms with Crippen molar-refractivity contribution in [2.75, 3.05) is 13.7 Å². The van der Waals surface area contributed by atoms with Crippen LogP contribution < -0.4 is 15.6 Å². The number of rotatable bonds is 7. The fraction of sp³-hybridized carbons (Fsp3) is 0.375. The van der Waals surface area contributed by atoms with Gasteiger partial charge in [-0.05, 0) is 25.1 Å². The lowest BCUT2D eigenvalue weighted by Gasteiger charge is -2.12. The molecule has 0 aliphatic rings. The van der Waals surface area contributed by atoms with Crippen molar-refractivity contribution in [3.8, 4) is 17.2 Å². The summed E-state index contributed by atoms with van der Waals surface area (Å²) in [6.07, 6.45) is 2.14. The largest absolute Gasteiger partial charge is 0.506 e. The maximum absolute atomic E-state index is 12.1. The molecule has 0 atom stereocenters. The molecule has 0 saturated carbocycles. The Bertz CT molecular complexity index is 683. The first-order chi connectivity index (χ1) is 10.7. The van der Waals surface area contributed by atoms with E-state index < -0.39 is 5.56 Å². The van der Waals surface area contributed by atoms with Gasteiger partial charge in [-0.3, -0.25) is 4.79 Å². The molecule has 2 rings (SSSR count). The minimum Gasteiger partial charge on any atom is -0.506 e. The van der Waals surface area contributed by atoms with Crippen LogP contribution in [0.25, 0.3) is 5.69 Å². The normalized spacial score (nSPS) is 10.6. The topological polar surface area (TPSA) is 76.4 Å². The Balaban J connectivity index is 2.34. The van der Waals surface area contributed by atoms with E-state index in [4.69, 9.17) is 4.74 Å². The van der Waals surface area contributed by atoms with Crippen molar-refractivity contribution in [2.24, 2.45) is 0 Å². The van der Waals surface area contributed by atoms with Crippen LogP contribution in [-0.4, -0.2) is 28.5 Å². The van der Waals surface area contributed by atoms with Gasteiger partial charge in [0, 0.05) is 12.6 Å². The third kappa shape index (κ3) is 3.65. The van der Waals surface area contributed by atoms with Crippen molar-refractivity contribution < 1.29 is 9.84 Å². The number of ether oxygens (including phenoxy) is 1. The van der Waals surface area contributed by atoms with E-state index in [1.807, 2.05) is 6.07 Å². The number of benzene rings is 1.